The van der Waals surface area contributed by atoms with Gasteiger partial charge in [-0.15, -0.1) is 0 Å². The van der Waals surface area contributed by atoms with Gasteiger partial charge in [-0.3, -0.25) is 19.7 Å². The molecule has 0 aliphatic carbocycles. The number of aliphatic hydroxyl groups is 1. The Labute approximate surface area is 144 Å². The Balaban J connectivity index is 1.69. The Morgan fingerprint density at radius 3 is 2.84 bits per heavy atom. The molecule has 3 heterocycles. The summed E-state index contributed by atoms with van der Waals surface area (Å²) < 4.78 is 5.72. The Hall–Kier alpha value is -2.61. The van der Waals surface area contributed by atoms with E-state index in [0.29, 0.717) is 24.3 Å². The number of amides is 3. The third-order valence-electron chi connectivity index (χ3n) is 5.19. The fourth-order valence-corrected chi connectivity index (χ4v) is 3.76. The SMILES string of the molecule is CN1c2c(ccc3c2CN([C@H]2CCC(=O)NC2=O)C3=O)OC[C@H]1CO. The highest BCUT2D eigenvalue weighted by Gasteiger charge is 2.42. The summed E-state index contributed by atoms with van der Waals surface area (Å²) in [4.78, 5) is 39.8. The molecule has 0 bridgehead atoms. The lowest BCUT2D eigenvalue weighted by Gasteiger charge is -2.36. The molecular formula is C17H19N3O5. The number of anilines is 1. The zero-order valence-electron chi connectivity index (χ0n) is 13.8. The van der Waals surface area contributed by atoms with Crippen molar-refractivity contribution in [3.05, 3.63) is 23.3 Å². The van der Waals surface area contributed by atoms with E-state index in [-0.39, 0.29) is 37.4 Å². The fourth-order valence-electron chi connectivity index (χ4n) is 3.76. The normalized spacial score (nSPS) is 25.4. The minimum Gasteiger partial charge on any atom is -0.489 e. The summed E-state index contributed by atoms with van der Waals surface area (Å²) in [6, 6.07) is 2.65. The van der Waals surface area contributed by atoms with Crippen molar-refractivity contribution in [1.29, 1.82) is 0 Å². The first-order valence-electron chi connectivity index (χ1n) is 8.28. The number of piperidine rings is 1. The van der Waals surface area contributed by atoms with Crippen LogP contribution in [0.2, 0.25) is 0 Å². The van der Waals surface area contributed by atoms with E-state index >= 15 is 0 Å². The Morgan fingerprint density at radius 2 is 2.12 bits per heavy atom. The molecular weight excluding hydrogens is 326 g/mol. The van der Waals surface area contributed by atoms with Crippen LogP contribution in [0, 0.1) is 0 Å². The Bertz CT molecular complexity index is 778. The summed E-state index contributed by atoms with van der Waals surface area (Å²) in [6.07, 6.45) is 0.558. The summed E-state index contributed by atoms with van der Waals surface area (Å²) in [5.41, 5.74) is 2.12. The molecule has 8 nitrogen and oxygen atoms in total. The van der Waals surface area contributed by atoms with Crippen molar-refractivity contribution in [1.82, 2.24) is 10.2 Å². The van der Waals surface area contributed by atoms with Crippen molar-refractivity contribution in [2.45, 2.75) is 31.5 Å². The maximum absolute atomic E-state index is 12.8. The van der Waals surface area contributed by atoms with Crippen molar-refractivity contribution in [3.8, 4) is 5.75 Å². The fraction of sp³-hybridized carbons (Fsp3) is 0.471. The number of nitrogens with one attached hydrogen (secondary N) is 1. The van der Waals surface area contributed by atoms with Gasteiger partial charge >= 0.3 is 0 Å². The molecule has 2 atom stereocenters. The number of imide groups is 1. The second-order valence-corrected chi connectivity index (χ2v) is 6.60. The van der Waals surface area contributed by atoms with Gasteiger partial charge in [-0.1, -0.05) is 0 Å². The van der Waals surface area contributed by atoms with Crippen molar-refractivity contribution in [3.63, 3.8) is 0 Å². The van der Waals surface area contributed by atoms with E-state index in [1.165, 1.54) is 4.90 Å². The molecule has 8 heteroatoms. The van der Waals surface area contributed by atoms with Gasteiger partial charge in [-0.25, -0.2) is 0 Å². The molecule has 0 saturated carbocycles. The van der Waals surface area contributed by atoms with E-state index in [1.807, 2.05) is 11.9 Å². The van der Waals surface area contributed by atoms with E-state index in [0.717, 1.165) is 11.3 Å². The zero-order chi connectivity index (χ0) is 17.7. The molecule has 0 unspecified atom stereocenters. The van der Waals surface area contributed by atoms with Crippen LogP contribution in [-0.2, 0) is 16.1 Å². The number of nitrogens with zero attached hydrogens (tertiary/aromatic N) is 2. The lowest BCUT2D eigenvalue weighted by Crippen LogP contribution is -2.52. The van der Waals surface area contributed by atoms with Crippen molar-refractivity contribution >= 4 is 23.4 Å². The van der Waals surface area contributed by atoms with Crippen LogP contribution in [0.1, 0.15) is 28.8 Å². The average molecular weight is 345 g/mol. The van der Waals surface area contributed by atoms with Crippen molar-refractivity contribution in [2.75, 3.05) is 25.2 Å². The van der Waals surface area contributed by atoms with Crippen LogP contribution in [-0.4, -0.2) is 60.1 Å². The highest BCUT2D eigenvalue weighted by Crippen LogP contribution is 2.42. The molecule has 3 amide bonds. The van der Waals surface area contributed by atoms with E-state index in [1.54, 1.807) is 12.1 Å². The number of aliphatic hydroxyl groups excluding tert-OH is 1. The predicted octanol–water partition coefficient (Wildman–Crippen LogP) is -0.363. The highest BCUT2D eigenvalue weighted by molar-refractivity contribution is 6.06. The van der Waals surface area contributed by atoms with Gasteiger partial charge in [0.2, 0.25) is 11.8 Å². The van der Waals surface area contributed by atoms with Crippen LogP contribution in [0.5, 0.6) is 5.75 Å². The molecule has 0 radical (unpaired) electrons. The topological polar surface area (TPSA) is 99.2 Å². The number of hydrogen-bond acceptors (Lipinski definition) is 6. The molecule has 3 aliphatic heterocycles. The smallest absolute Gasteiger partial charge is 0.255 e. The summed E-state index contributed by atoms with van der Waals surface area (Å²) in [5.74, 6) is -0.276. The lowest BCUT2D eigenvalue weighted by atomic mass is 10.0. The monoisotopic (exact) mass is 345 g/mol. The van der Waals surface area contributed by atoms with Crippen LogP contribution >= 0.6 is 0 Å². The van der Waals surface area contributed by atoms with Crippen molar-refractivity contribution < 1.29 is 24.2 Å². The number of benzene rings is 1. The van der Waals surface area contributed by atoms with Gasteiger partial charge in [-0.2, -0.15) is 0 Å². The molecule has 0 aromatic heterocycles. The van der Waals surface area contributed by atoms with Gasteiger partial charge in [0.15, 0.2) is 0 Å². The number of fused-ring (bicyclic) bond motifs is 3. The van der Waals surface area contributed by atoms with Crippen LogP contribution in [0.25, 0.3) is 0 Å². The molecule has 25 heavy (non-hydrogen) atoms. The molecule has 3 aliphatic rings. The Morgan fingerprint density at radius 1 is 1.32 bits per heavy atom. The van der Waals surface area contributed by atoms with Gasteiger partial charge in [0.1, 0.15) is 18.4 Å². The first-order valence-corrected chi connectivity index (χ1v) is 8.28. The number of likely N-dealkylation sites (N-methyl/N-ethyl adjacent to an activating group) is 1. The van der Waals surface area contributed by atoms with Crippen LogP contribution in [0.3, 0.4) is 0 Å². The maximum atomic E-state index is 12.8. The summed E-state index contributed by atoms with van der Waals surface area (Å²) in [5, 5.41) is 11.8. The molecule has 1 fully saturated rings. The molecule has 2 N–H and O–H groups in total. The summed E-state index contributed by atoms with van der Waals surface area (Å²) in [6.45, 7) is 0.615. The number of carbonyl (C=O) groups is 3. The minimum absolute atomic E-state index is 0.0512. The zero-order valence-corrected chi connectivity index (χ0v) is 13.8. The average Bonchev–Trinajstić information content (AvgIpc) is 2.92. The standard InChI is InChI=1S/C17H19N3O5/c1-19-9(7-21)8-25-13-4-2-10-11(15(13)19)6-20(17(10)24)12-3-5-14(22)18-16(12)23/h2,4,9,12,21H,3,5-8H2,1H3,(H,18,22,23)/t9-,12+/m1/s1. The summed E-state index contributed by atoms with van der Waals surface area (Å²) in [7, 11) is 1.86. The highest BCUT2D eigenvalue weighted by atomic mass is 16.5. The van der Waals surface area contributed by atoms with Gasteiger partial charge < -0.3 is 19.6 Å². The largest absolute Gasteiger partial charge is 0.489 e. The van der Waals surface area contributed by atoms with Crippen LogP contribution < -0.4 is 15.0 Å². The van der Waals surface area contributed by atoms with E-state index in [9.17, 15) is 19.5 Å². The van der Waals surface area contributed by atoms with E-state index < -0.39 is 11.9 Å². The van der Waals surface area contributed by atoms with Gasteiger partial charge in [0.05, 0.1) is 18.3 Å². The van der Waals surface area contributed by atoms with Crippen molar-refractivity contribution in [2.24, 2.45) is 0 Å². The predicted molar refractivity (Wildman–Crippen MR) is 87.3 cm³/mol. The molecule has 4 rings (SSSR count). The first-order chi connectivity index (χ1) is 12.0. The van der Waals surface area contributed by atoms with Gasteiger partial charge in [-0.05, 0) is 18.6 Å². The third kappa shape index (κ3) is 2.36. The second kappa shape index (κ2) is 5.73. The lowest BCUT2D eigenvalue weighted by molar-refractivity contribution is -0.136. The minimum atomic E-state index is -0.642. The number of rotatable bonds is 2. The first kappa shape index (κ1) is 15.9. The Kier molecular flexibility index (Phi) is 3.64. The quantitative estimate of drug-likeness (QED) is 0.710. The summed E-state index contributed by atoms with van der Waals surface area (Å²) >= 11 is 0. The van der Waals surface area contributed by atoms with Gasteiger partial charge in [0, 0.05) is 31.1 Å². The van der Waals surface area contributed by atoms with E-state index in [2.05, 4.69) is 5.32 Å². The molecule has 132 valence electrons. The number of hydrogen-bond donors (Lipinski definition) is 2. The maximum Gasteiger partial charge on any atom is 0.255 e. The second-order valence-electron chi connectivity index (χ2n) is 6.60. The number of ether oxygens (including phenoxy) is 1. The van der Waals surface area contributed by atoms with Crippen LogP contribution in [0.4, 0.5) is 5.69 Å². The molecule has 1 saturated heterocycles. The van der Waals surface area contributed by atoms with Gasteiger partial charge in [0.25, 0.3) is 5.91 Å². The van der Waals surface area contributed by atoms with E-state index in [4.69, 9.17) is 4.74 Å². The molecule has 1 aromatic rings. The molecule has 1 aromatic carbocycles. The third-order valence-corrected chi connectivity index (χ3v) is 5.19. The molecule has 0 spiro atoms. The van der Waals surface area contributed by atoms with Crippen LogP contribution in [0.15, 0.2) is 12.1 Å². The number of carbonyl (C=O) groups excluding carboxylic acids is 3.